The van der Waals surface area contributed by atoms with Gasteiger partial charge in [-0.1, -0.05) is 6.42 Å². The van der Waals surface area contributed by atoms with Gasteiger partial charge in [-0.25, -0.2) is 13.2 Å². The maximum Gasteiger partial charge on any atom is 0.325 e. The monoisotopic (exact) mass is 478 g/mol. The molecule has 0 bridgehead atoms. The molecule has 10 nitrogen and oxygen atoms in total. The van der Waals surface area contributed by atoms with Gasteiger partial charge >= 0.3 is 6.03 Å². The van der Waals surface area contributed by atoms with Crippen LogP contribution in [0.4, 0.5) is 10.5 Å². The van der Waals surface area contributed by atoms with Crippen LogP contribution in [0.5, 0.6) is 5.75 Å². The Bertz CT molecular complexity index is 1060. The summed E-state index contributed by atoms with van der Waals surface area (Å²) >= 11 is 0. The van der Waals surface area contributed by atoms with Crippen molar-refractivity contribution in [2.24, 2.45) is 5.92 Å². The van der Waals surface area contributed by atoms with E-state index >= 15 is 0 Å². The van der Waals surface area contributed by atoms with Crippen LogP contribution in [0.3, 0.4) is 0 Å². The van der Waals surface area contributed by atoms with E-state index in [1.54, 1.807) is 13.8 Å². The second kappa shape index (κ2) is 8.94. The minimum absolute atomic E-state index is 0.0550. The number of sulfonamides is 1. The van der Waals surface area contributed by atoms with E-state index in [1.807, 2.05) is 0 Å². The van der Waals surface area contributed by atoms with Gasteiger partial charge in [-0.2, -0.15) is 4.31 Å². The molecular formula is C22H30N4O6S. The van der Waals surface area contributed by atoms with Gasteiger partial charge in [0.1, 0.15) is 17.8 Å². The van der Waals surface area contributed by atoms with Gasteiger partial charge in [-0.15, -0.1) is 0 Å². The molecule has 4 rings (SSSR count). The number of benzene rings is 1. The van der Waals surface area contributed by atoms with Crippen molar-refractivity contribution in [2.45, 2.75) is 56.4 Å². The maximum atomic E-state index is 13.1. The minimum atomic E-state index is -3.71. The molecule has 1 aromatic rings. The highest BCUT2D eigenvalue weighted by Gasteiger charge is 2.56. The number of hydrogen-bond donors (Lipinski definition) is 2. The van der Waals surface area contributed by atoms with E-state index in [2.05, 4.69) is 10.6 Å². The molecular weight excluding hydrogens is 448 g/mol. The normalized spacial score (nSPS) is 24.0. The van der Waals surface area contributed by atoms with Crippen molar-refractivity contribution < 1.29 is 27.5 Å². The summed E-state index contributed by atoms with van der Waals surface area (Å²) in [7, 11) is -3.71. The first kappa shape index (κ1) is 23.5. The molecule has 1 saturated carbocycles. The number of imide groups is 1. The lowest BCUT2D eigenvalue weighted by molar-refractivity contribution is -0.134. The second-order valence-corrected chi connectivity index (χ2v) is 10.8. The number of rotatable bonds is 8. The third-order valence-electron chi connectivity index (χ3n) is 6.47. The van der Waals surface area contributed by atoms with E-state index in [0.29, 0.717) is 25.4 Å². The topological polar surface area (TPSA) is 125 Å². The fraction of sp³-hybridized carbons (Fsp3) is 0.591. The maximum absolute atomic E-state index is 13.1. The number of carbonyl (C=O) groups is 3. The molecule has 2 heterocycles. The van der Waals surface area contributed by atoms with Crippen molar-refractivity contribution in [1.82, 2.24) is 14.5 Å². The molecule has 11 heteroatoms. The van der Waals surface area contributed by atoms with Crippen LogP contribution >= 0.6 is 0 Å². The summed E-state index contributed by atoms with van der Waals surface area (Å²) in [5.74, 6) is -0.643. The van der Waals surface area contributed by atoms with Gasteiger partial charge in [0.15, 0.2) is 0 Å². The minimum Gasteiger partial charge on any atom is -0.492 e. The summed E-state index contributed by atoms with van der Waals surface area (Å²) in [6.07, 6.45) is 4.34. The zero-order valence-corrected chi connectivity index (χ0v) is 19.7. The summed E-state index contributed by atoms with van der Waals surface area (Å²) in [5.41, 5.74) is -0.798. The summed E-state index contributed by atoms with van der Waals surface area (Å²) < 4.78 is 33.1. The van der Waals surface area contributed by atoms with Crippen LogP contribution in [-0.2, 0) is 19.6 Å². The highest BCUT2D eigenvalue weighted by atomic mass is 32.2. The van der Waals surface area contributed by atoms with Crippen molar-refractivity contribution in [3.63, 3.8) is 0 Å². The number of anilines is 1. The Morgan fingerprint density at radius 2 is 1.91 bits per heavy atom. The predicted molar refractivity (Wildman–Crippen MR) is 120 cm³/mol. The summed E-state index contributed by atoms with van der Waals surface area (Å²) in [4.78, 5) is 38.9. The number of nitrogens with zero attached hydrogens (tertiary/aromatic N) is 2. The van der Waals surface area contributed by atoms with Crippen LogP contribution in [0.2, 0.25) is 0 Å². The molecule has 0 unspecified atom stereocenters. The number of carbonyl (C=O) groups excluding carboxylic acids is 3. The molecule has 0 radical (unpaired) electrons. The first-order chi connectivity index (χ1) is 15.7. The van der Waals surface area contributed by atoms with Crippen LogP contribution in [0, 0.1) is 5.92 Å². The average Bonchev–Trinajstić information content (AvgIpc) is 3.62. The Labute approximate surface area is 193 Å². The molecule has 3 aliphatic rings. The molecule has 1 aromatic carbocycles. The Morgan fingerprint density at radius 3 is 2.55 bits per heavy atom. The summed E-state index contributed by atoms with van der Waals surface area (Å²) in [6.45, 7) is 4.22. The number of urea groups is 1. The lowest BCUT2D eigenvalue weighted by Crippen LogP contribution is -2.46. The van der Waals surface area contributed by atoms with Gasteiger partial charge in [0.25, 0.3) is 5.91 Å². The largest absolute Gasteiger partial charge is 0.492 e. The Hall–Kier alpha value is -2.66. The molecule has 2 aliphatic heterocycles. The number of nitrogens with one attached hydrogen (secondary N) is 2. The van der Waals surface area contributed by atoms with Gasteiger partial charge in [0, 0.05) is 13.1 Å². The van der Waals surface area contributed by atoms with Gasteiger partial charge < -0.3 is 15.4 Å². The molecule has 0 spiro atoms. The highest BCUT2D eigenvalue weighted by Crippen LogP contribution is 2.42. The van der Waals surface area contributed by atoms with Crippen molar-refractivity contribution >= 4 is 33.6 Å². The van der Waals surface area contributed by atoms with E-state index in [9.17, 15) is 22.8 Å². The van der Waals surface area contributed by atoms with Gasteiger partial charge in [0.2, 0.25) is 15.9 Å². The van der Waals surface area contributed by atoms with E-state index < -0.39 is 40.0 Å². The van der Waals surface area contributed by atoms with E-state index in [-0.39, 0.29) is 16.5 Å². The van der Waals surface area contributed by atoms with Crippen LogP contribution in [0.15, 0.2) is 23.1 Å². The molecule has 2 N–H and O–H groups in total. The van der Waals surface area contributed by atoms with Crippen molar-refractivity contribution in [1.29, 1.82) is 0 Å². The first-order valence-corrected chi connectivity index (χ1v) is 12.8. The third-order valence-corrected chi connectivity index (χ3v) is 8.37. The van der Waals surface area contributed by atoms with Crippen LogP contribution < -0.4 is 15.4 Å². The van der Waals surface area contributed by atoms with Crippen LogP contribution in [0.25, 0.3) is 0 Å². The van der Waals surface area contributed by atoms with Crippen LogP contribution in [-0.4, -0.2) is 67.2 Å². The number of amides is 4. The van der Waals surface area contributed by atoms with Crippen molar-refractivity contribution in [3.8, 4) is 5.75 Å². The number of ether oxygens (including phenoxy) is 1. The van der Waals surface area contributed by atoms with Crippen molar-refractivity contribution in [2.75, 3.05) is 31.6 Å². The fourth-order valence-electron chi connectivity index (χ4n) is 4.43. The van der Waals surface area contributed by atoms with E-state index in [4.69, 9.17) is 4.74 Å². The summed E-state index contributed by atoms with van der Waals surface area (Å²) in [6, 6.07) is 3.74. The summed E-state index contributed by atoms with van der Waals surface area (Å²) in [5, 5.41) is 5.34. The first-order valence-electron chi connectivity index (χ1n) is 11.4. The Morgan fingerprint density at radius 1 is 1.21 bits per heavy atom. The quantitative estimate of drug-likeness (QED) is 0.550. The van der Waals surface area contributed by atoms with Gasteiger partial charge in [-0.05, 0) is 63.6 Å². The molecule has 3 fully saturated rings. The number of hydrogen-bond acceptors (Lipinski definition) is 6. The number of piperidine rings is 1. The lowest BCUT2D eigenvalue weighted by atomic mass is 9.96. The molecule has 180 valence electrons. The molecule has 0 aromatic heterocycles. The SMILES string of the molecule is CCOc1ccc(S(=O)(=O)N2CCCCC2)cc1NC(=O)CN1C(=O)N[C@@](C)(C2CC2)C1=O. The van der Waals surface area contributed by atoms with Crippen LogP contribution in [0.1, 0.15) is 46.0 Å². The standard InChI is InChI=1S/C22H30N4O6S/c1-3-32-18-10-9-16(33(30,31)25-11-5-4-6-12-25)13-17(18)23-19(27)14-26-20(28)22(2,15-7-8-15)24-21(26)29/h9-10,13,15H,3-8,11-12,14H2,1-2H3,(H,23,27)(H,24,29)/t22-/m0/s1. The van der Waals surface area contributed by atoms with E-state index in [0.717, 1.165) is 37.0 Å². The molecule has 1 atom stereocenters. The lowest BCUT2D eigenvalue weighted by Gasteiger charge is -2.26. The van der Waals surface area contributed by atoms with Gasteiger partial charge in [0.05, 0.1) is 17.2 Å². The third kappa shape index (κ3) is 4.56. The zero-order valence-electron chi connectivity index (χ0n) is 18.9. The smallest absolute Gasteiger partial charge is 0.325 e. The Balaban J connectivity index is 1.52. The molecule has 2 saturated heterocycles. The zero-order chi connectivity index (χ0) is 23.8. The second-order valence-electron chi connectivity index (χ2n) is 8.90. The molecule has 1 aliphatic carbocycles. The van der Waals surface area contributed by atoms with Crippen molar-refractivity contribution in [3.05, 3.63) is 18.2 Å². The predicted octanol–water partition coefficient (Wildman–Crippen LogP) is 1.92. The average molecular weight is 479 g/mol. The molecule has 33 heavy (non-hydrogen) atoms. The molecule has 4 amide bonds. The van der Waals surface area contributed by atoms with Gasteiger partial charge in [-0.3, -0.25) is 14.5 Å². The highest BCUT2D eigenvalue weighted by molar-refractivity contribution is 7.89. The fourth-order valence-corrected chi connectivity index (χ4v) is 5.98. The Kier molecular flexibility index (Phi) is 6.37. The van der Waals surface area contributed by atoms with E-state index in [1.165, 1.54) is 22.5 Å².